The fourth-order valence-corrected chi connectivity index (χ4v) is 1.68. The number of unbranched alkanes of at least 4 members (excludes halogenated alkanes) is 1. The molecule has 0 aromatic rings. The maximum absolute atomic E-state index is 11.2. The maximum Gasteiger partial charge on any atom is 0.375 e. The van der Waals surface area contributed by atoms with Crippen LogP contribution in [-0.4, -0.2) is 27.8 Å². The quantitative estimate of drug-likeness (QED) is 0.278. The largest absolute Gasteiger partial charge is 0.478 e. The van der Waals surface area contributed by atoms with Gasteiger partial charge in [0.05, 0.1) is 5.57 Å². The molecule has 116 valence electrons. The van der Waals surface area contributed by atoms with Crippen LogP contribution >= 0.6 is 0 Å². The van der Waals surface area contributed by atoms with E-state index in [4.69, 9.17) is 20.0 Å². The summed E-state index contributed by atoms with van der Waals surface area (Å²) in [5.41, 5.74) is -0.948. The first-order chi connectivity index (χ1) is 9.25. The highest BCUT2D eigenvalue weighted by atomic mass is 17.2. The first-order valence-corrected chi connectivity index (χ1v) is 6.80. The topological polar surface area (TPSA) is 93.1 Å². The van der Waals surface area contributed by atoms with Crippen molar-refractivity contribution >= 4 is 11.9 Å². The number of hydrogen-bond acceptors (Lipinski definition) is 4. The highest BCUT2D eigenvalue weighted by molar-refractivity contribution is 5.97. The molecule has 2 N–H and O–H groups in total. The van der Waals surface area contributed by atoms with Gasteiger partial charge in [-0.25, -0.2) is 9.59 Å². The Morgan fingerprint density at radius 1 is 1.05 bits per heavy atom. The van der Waals surface area contributed by atoms with Crippen LogP contribution in [0.5, 0.6) is 0 Å². The Morgan fingerprint density at radius 2 is 1.65 bits per heavy atom. The Bertz CT molecular complexity index is 370. The van der Waals surface area contributed by atoms with Crippen molar-refractivity contribution in [3.05, 3.63) is 11.3 Å². The number of carboxylic acids is 2. The zero-order valence-corrected chi connectivity index (χ0v) is 12.6. The molecule has 0 aliphatic carbocycles. The van der Waals surface area contributed by atoms with Crippen LogP contribution in [0.3, 0.4) is 0 Å². The minimum Gasteiger partial charge on any atom is -0.478 e. The summed E-state index contributed by atoms with van der Waals surface area (Å²) >= 11 is 0. The summed E-state index contributed by atoms with van der Waals surface area (Å²) < 4.78 is 0. The van der Waals surface area contributed by atoms with Crippen LogP contribution in [0.4, 0.5) is 0 Å². The second-order valence-electron chi connectivity index (χ2n) is 5.20. The van der Waals surface area contributed by atoms with Gasteiger partial charge >= 0.3 is 11.9 Å². The van der Waals surface area contributed by atoms with Crippen molar-refractivity contribution in [3.63, 3.8) is 0 Å². The van der Waals surface area contributed by atoms with Gasteiger partial charge in [-0.05, 0) is 33.1 Å². The molecule has 0 rings (SSSR count). The summed E-state index contributed by atoms with van der Waals surface area (Å²) in [6.45, 7) is 7.36. The van der Waals surface area contributed by atoms with Crippen LogP contribution in [0, 0.1) is 0 Å². The van der Waals surface area contributed by atoms with Crippen molar-refractivity contribution in [3.8, 4) is 0 Å². The molecule has 6 nitrogen and oxygen atoms in total. The molecule has 0 aromatic carbocycles. The molecular weight excluding hydrogens is 264 g/mol. The lowest BCUT2D eigenvalue weighted by atomic mass is 10.0. The monoisotopic (exact) mass is 288 g/mol. The van der Waals surface area contributed by atoms with Crippen molar-refractivity contribution in [2.75, 3.05) is 0 Å². The second kappa shape index (κ2) is 8.58. The molecule has 0 radical (unpaired) electrons. The van der Waals surface area contributed by atoms with Gasteiger partial charge in [0.1, 0.15) is 5.60 Å². The van der Waals surface area contributed by atoms with E-state index in [0.717, 1.165) is 12.8 Å². The summed E-state index contributed by atoms with van der Waals surface area (Å²) in [5.74, 6) is -3.38. The Hall–Kier alpha value is -1.56. The molecule has 0 saturated heterocycles. The zero-order valence-electron chi connectivity index (χ0n) is 12.6. The lowest BCUT2D eigenvalue weighted by molar-refractivity contribution is -0.327. The second-order valence-corrected chi connectivity index (χ2v) is 5.20. The molecule has 0 bridgehead atoms. The first kappa shape index (κ1) is 18.4. The van der Waals surface area contributed by atoms with Gasteiger partial charge in [0, 0.05) is 0 Å². The predicted octanol–water partition coefficient (Wildman–Crippen LogP) is 3.13. The molecule has 0 fully saturated rings. The number of hydrogen-bond donors (Lipinski definition) is 2. The van der Waals surface area contributed by atoms with Gasteiger partial charge < -0.3 is 15.1 Å². The van der Waals surface area contributed by atoms with E-state index in [-0.39, 0.29) is 12.0 Å². The average Bonchev–Trinajstić information content (AvgIpc) is 2.32. The number of rotatable bonds is 10. The van der Waals surface area contributed by atoms with Gasteiger partial charge in [-0.3, -0.25) is 0 Å². The third-order valence-electron chi connectivity index (χ3n) is 2.71. The van der Waals surface area contributed by atoms with Crippen molar-refractivity contribution < 1.29 is 29.6 Å². The molecule has 6 heteroatoms. The van der Waals surface area contributed by atoms with Crippen LogP contribution in [0.25, 0.3) is 0 Å². The summed E-state index contributed by atoms with van der Waals surface area (Å²) in [7, 11) is 0. The van der Waals surface area contributed by atoms with E-state index >= 15 is 0 Å². The predicted molar refractivity (Wildman–Crippen MR) is 73.0 cm³/mol. The summed E-state index contributed by atoms with van der Waals surface area (Å²) in [5, 5.41) is 18.2. The highest BCUT2D eigenvalue weighted by Gasteiger charge is 2.26. The van der Waals surface area contributed by atoms with Gasteiger partial charge in [-0.1, -0.05) is 26.7 Å². The van der Waals surface area contributed by atoms with Crippen LogP contribution < -0.4 is 0 Å². The fraction of sp³-hybridized carbons (Fsp3) is 0.714. The molecule has 0 atom stereocenters. The van der Waals surface area contributed by atoms with Crippen LogP contribution in [0.15, 0.2) is 11.3 Å². The van der Waals surface area contributed by atoms with Crippen LogP contribution in [0.1, 0.15) is 59.8 Å². The lowest BCUT2D eigenvalue weighted by Gasteiger charge is -2.23. The zero-order chi connectivity index (χ0) is 15.8. The molecule has 20 heavy (non-hydrogen) atoms. The Balaban J connectivity index is 5.09. The number of aliphatic carboxylic acids is 2. The first-order valence-electron chi connectivity index (χ1n) is 6.80. The SMILES string of the molecule is CCCCC(C(=O)O)=C(OOC(C)(C)CCC)C(=O)O. The van der Waals surface area contributed by atoms with Crippen molar-refractivity contribution in [1.82, 2.24) is 0 Å². The van der Waals surface area contributed by atoms with Crippen molar-refractivity contribution in [2.45, 2.75) is 65.4 Å². The van der Waals surface area contributed by atoms with E-state index in [2.05, 4.69) is 0 Å². The Morgan fingerprint density at radius 3 is 2.05 bits per heavy atom. The van der Waals surface area contributed by atoms with Gasteiger partial charge in [0.15, 0.2) is 0 Å². The molecule has 0 amide bonds. The van der Waals surface area contributed by atoms with Gasteiger partial charge in [-0.15, -0.1) is 0 Å². The molecule has 0 spiro atoms. The standard InChI is InChI=1S/C14H24O6/c1-5-7-8-10(12(15)16)11(13(17)18)19-20-14(3,4)9-6-2/h5-9H2,1-4H3,(H,15,16)(H,17,18). The number of carbonyl (C=O) groups is 2. The van der Waals surface area contributed by atoms with Gasteiger partial charge in [-0.2, -0.15) is 4.89 Å². The van der Waals surface area contributed by atoms with E-state index in [0.29, 0.717) is 12.8 Å². The maximum atomic E-state index is 11.2. The van der Waals surface area contributed by atoms with E-state index in [1.165, 1.54) is 0 Å². The lowest BCUT2D eigenvalue weighted by Crippen LogP contribution is -2.26. The molecule has 0 heterocycles. The van der Waals surface area contributed by atoms with E-state index < -0.39 is 23.3 Å². The Kier molecular flexibility index (Phi) is 7.91. The van der Waals surface area contributed by atoms with Crippen LogP contribution in [-0.2, 0) is 19.4 Å². The van der Waals surface area contributed by atoms with Crippen LogP contribution in [0.2, 0.25) is 0 Å². The van der Waals surface area contributed by atoms with Gasteiger partial charge in [0.25, 0.3) is 5.76 Å². The summed E-state index contributed by atoms with van der Waals surface area (Å²) in [6, 6.07) is 0. The smallest absolute Gasteiger partial charge is 0.375 e. The minimum absolute atomic E-state index is 0.130. The highest BCUT2D eigenvalue weighted by Crippen LogP contribution is 2.21. The molecule has 0 saturated carbocycles. The fourth-order valence-electron chi connectivity index (χ4n) is 1.68. The van der Waals surface area contributed by atoms with Crippen molar-refractivity contribution in [1.29, 1.82) is 0 Å². The molecular formula is C14H24O6. The third kappa shape index (κ3) is 6.56. The van der Waals surface area contributed by atoms with E-state index in [1.807, 2.05) is 13.8 Å². The molecule has 0 aromatic heterocycles. The van der Waals surface area contributed by atoms with Gasteiger partial charge in [0.2, 0.25) is 0 Å². The summed E-state index contributed by atoms with van der Waals surface area (Å²) in [6.07, 6.45) is 2.96. The average molecular weight is 288 g/mol. The molecule has 0 aliphatic rings. The third-order valence-corrected chi connectivity index (χ3v) is 2.71. The van der Waals surface area contributed by atoms with E-state index in [9.17, 15) is 9.59 Å². The van der Waals surface area contributed by atoms with Crippen molar-refractivity contribution in [2.24, 2.45) is 0 Å². The Labute approximate surface area is 119 Å². The normalized spacial score (nSPS) is 12.8. The minimum atomic E-state index is -1.44. The summed E-state index contributed by atoms with van der Waals surface area (Å²) in [4.78, 5) is 32.2. The molecule has 0 unspecified atom stereocenters. The number of carboxylic acid groups (broad SMARTS) is 2. The molecule has 0 aliphatic heterocycles. The van der Waals surface area contributed by atoms with E-state index in [1.54, 1.807) is 13.8 Å².